The highest BCUT2D eigenvalue weighted by atomic mass is 35.5. The second-order valence-corrected chi connectivity index (χ2v) is 4.58. The zero-order chi connectivity index (χ0) is 13.3. The predicted molar refractivity (Wildman–Crippen MR) is 69.2 cm³/mol. The van der Waals surface area contributed by atoms with Gasteiger partial charge in [0.05, 0.1) is 18.3 Å². The minimum atomic E-state index is -0.417. The zero-order valence-corrected chi connectivity index (χ0v) is 10.7. The van der Waals surface area contributed by atoms with Gasteiger partial charge < -0.3 is 4.90 Å². The number of carbonyl (C=O) groups is 1. The van der Waals surface area contributed by atoms with Gasteiger partial charge in [0.2, 0.25) is 0 Å². The molecule has 92 valence electrons. The predicted octanol–water partition coefficient (Wildman–Crippen LogP) is 2.74. The SMILES string of the molecule is N#CCN1CC(=N)N(c2cc(Cl)cc(Cl)c2)C1=O. The molecule has 7 heteroatoms. The summed E-state index contributed by atoms with van der Waals surface area (Å²) >= 11 is 11.7. The molecule has 18 heavy (non-hydrogen) atoms. The molecular weight excluding hydrogens is 275 g/mol. The van der Waals surface area contributed by atoms with E-state index in [1.807, 2.05) is 6.07 Å². The molecule has 1 aromatic rings. The van der Waals surface area contributed by atoms with Crippen LogP contribution in [0.15, 0.2) is 18.2 Å². The minimum Gasteiger partial charge on any atom is -0.303 e. The molecule has 1 aliphatic heterocycles. The highest BCUT2D eigenvalue weighted by Gasteiger charge is 2.34. The first-order valence-electron chi connectivity index (χ1n) is 5.02. The summed E-state index contributed by atoms with van der Waals surface area (Å²) in [6.45, 7) is 0.0581. The van der Waals surface area contributed by atoms with Gasteiger partial charge in [0.25, 0.3) is 0 Å². The van der Waals surface area contributed by atoms with Crippen LogP contribution in [0.25, 0.3) is 0 Å². The zero-order valence-electron chi connectivity index (χ0n) is 9.15. The molecule has 1 saturated heterocycles. The Bertz CT molecular complexity index is 546. The van der Waals surface area contributed by atoms with Crippen molar-refractivity contribution in [3.8, 4) is 6.07 Å². The van der Waals surface area contributed by atoms with E-state index in [0.717, 1.165) is 0 Å². The third kappa shape index (κ3) is 2.26. The third-order valence-electron chi connectivity index (χ3n) is 2.44. The number of anilines is 1. The Hall–Kier alpha value is -1.77. The molecule has 0 aliphatic carbocycles. The first kappa shape index (κ1) is 12.7. The van der Waals surface area contributed by atoms with Gasteiger partial charge in [-0.1, -0.05) is 23.2 Å². The number of benzene rings is 1. The molecule has 2 rings (SSSR count). The normalized spacial score (nSPS) is 15.2. The van der Waals surface area contributed by atoms with Crippen molar-refractivity contribution in [1.82, 2.24) is 4.90 Å². The van der Waals surface area contributed by atoms with Gasteiger partial charge in [-0.15, -0.1) is 0 Å². The average Bonchev–Trinajstić information content (AvgIpc) is 2.53. The molecule has 5 nitrogen and oxygen atoms in total. The van der Waals surface area contributed by atoms with E-state index in [4.69, 9.17) is 33.9 Å². The standard InChI is InChI=1S/C11H8Cl2N4O/c12-7-3-8(13)5-9(4-7)17-10(15)6-16(2-1-14)11(17)18/h3-5,15H,2,6H2. The molecule has 1 heterocycles. The smallest absolute Gasteiger partial charge is 0.303 e. The number of nitrogens with zero attached hydrogens (tertiary/aromatic N) is 3. The monoisotopic (exact) mass is 282 g/mol. The fourth-order valence-electron chi connectivity index (χ4n) is 1.72. The van der Waals surface area contributed by atoms with E-state index in [9.17, 15) is 4.79 Å². The van der Waals surface area contributed by atoms with Crippen LogP contribution in [0.5, 0.6) is 0 Å². The van der Waals surface area contributed by atoms with Gasteiger partial charge in [-0.05, 0) is 18.2 Å². The van der Waals surface area contributed by atoms with Crippen molar-refractivity contribution in [2.24, 2.45) is 0 Å². The van der Waals surface area contributed by atoms with Gasteiger partial charge in [-0.25, -0.2) is 9.69 Å². The Morgan fingerprint density at radius 1 is 1.33 bits per heavy atom. The number of halogens is 2. The van der Waals surface area contributed by atoms with Gasteiger partial charge in [-0.3, -0.25) is 5.41 Å². The lowest BCUT2D eigenvalue weighted by molar-refractivity contribution is 0.225. The van der Waals surface area contributed by atoms with Crippen LogP contribution in [0.4, 0.5) is 10.5 Å². The van der Waals surface area contributed by atoms with Crippen LogP contribution in [0.3, 0.4) is 0 Å². The van der Waals surface area contributed by atoms with Gasteiger partial charge in [0, 0.05) is 10.0 Å². The van der Waals surface area contributed by atoms with Crippen molar-refractivity contribution < 1.29 is 4.79 Å². The maximum absolute atomic E-state index is 12.0. The molecule has 0 bridgehead atoms. The van der Waals surface area contributed by atoms with Crippen LogP contribution in [0.1, 0.15) is 0 Å². The summed E-state index contributed by atoms with van der Waals surface area (Å²) in [4.78, 5) is 14.5. The van der Waals surface area contributed by atoms with Crippen molar-refractivity contribution in [3.63, 3.8) is 0 Å². The second-order valence-electron chi connectivity index (χ2n) is 3.71. The number of carbonyl (C=O) groups excluding carboxylic acids is 1. The van der Waals surface area contributed by atoms with E-state index >= 15 is 0 Å². The largest absolute Gasteiger partial charge is 0.331 e. The van der Waals surface area contributed by atoms with Gasteiger partial charge >= 0.3 is 6.03 Å². The molecule has 1 aliphatic rings. The molecule has 1 aromatic carbocycles. The summed E-state index contributed by atoms with van der Waals surface area (Å²) in [6, 6.07) is 6.12. The average molecular weight is 283 g/mol. The molecule has 0 aromatic heterocycles. The number of nitrogens with one attached hydrogen (secondary N) is 1. The molecule has 1 fully saturated rings. The lowest BCUT2D eigenvalue weighted by Crippen LogP contribution is -2.33. The van der Waals surface area contributed by atoms with E-state index in [1.165, 1.54) is 9.80 Å². The van der Waals surface area contributed by atoms with E-state index in [2.05, 4.69) is 0 Å². The van der Waals surface area contributed by atoms with Crippen molar-refractivity contribution >= 4 is 40.8 Å². The Morgan fingerprint density at radius 3 is 2.50 bits per heavy atom. The fraction of sp³-hybridized carbons (Fsp3) is 0.182. The van der Waals surface area contributed by atoms with E-state index in [1.54, 1.807) is 18.2 Å². The van der Waals surface area contributed by atoms with Crippen molar-refractivity contribution in [2.75, 3.05) is 18.0 Å². The fourth-order valence-corrected chi connectivity index (χ4v) is 2.23. The van der Waals surface area contributed by atoms with Crippen molar-refractivity contribution in [2.45, 2.75) is 0 Å². The second kappa shape index (κ2) is 4.84. The summed E-state index contributed by atoms with van der Waals surface area (Å²) in [7, 11) is 0. The number of hydrogen-bond donors (Lipinski definition) is 1. The first-order chi connectivity index (χ1) is 8.52. The van der Waals surface area contributed by atoms with Crippen LogP contribution in [0, 0.1) is 16.7 Å². The molecular formula is C11H8Cl2N4O. The topological polar surface area (TPSA) is 71.2 Å². The highest BCUT2D eigenvalue weighted by Crippen LogP contribution is 2.28. The lowest BCUT2D eigenvalue weighted by Gasteiger charge is -2.16. The van der Waals surface area contributed by atoms with Crippen LogP contribution in [0.2, 0.25) is 10.0 Å². The van der Waals surface area contributed by atoms with Crippen LogP contribution < -0.4 is 4.90 Å². The Labute approximate surface area is 114 Å². The third-order valence-corrected chi connectivity index (χ3v) is 2.88. The summed E-state index contributed by atoms with van der Waals surface area (Å²) in [5.41, 5.74) is 0.433. The minimum absolute atomic E-state index is 0.0496. The summed E-state index contributed by atoms with van der Waals surface area (Å²) < 4.78 is 0. The molecule has 0 atom stereocenters. The maximum Gasteiger partial charge on any atom is 0.331 e. The molecule has 0 unspecified atom stereocenters. The molecule has 1 N–H and O–H groups in total. The van der Waals surface area contributed by atoms with Crippen LogP contribution in [-0.4, -0.2) is 29.9 Å². The first-order valence-corrected chi connectivity index (χ1v) is 5.78. The number of amides is 2. The molecule has 2 amide bonds. The summed E-state index contributed by atoms with van der Waals surface area (Å²) in [6.07, 6.45) is 0. The quantitative estimate of drug-likeness (QED) is 0.848. The number of amidine groups is 1. The summed E-state index contributed by atoms with van der Waals surface area (Å²) in [5, 5.41) is 17.2. The van der Waals surface area contributed by atoms with Crippen molar-refractivity contribution in [1.29, 1.82) is 10.7 Å². The lowest BCUT2D eigenvalue weighted by atomic mass is 10.3. The van der Waals surface area contributed by atoms with Crippen molar-refractivity contribution in [3.05, 3.63) is 28.2 Å². The maximum atomic E-state index is 12.0. The number of nitriles is 1. The van der Waals surface area contributed by atoms with Gasteiger partial charge in [0.1, 0.15) is 12.4 Å². The highest BCUT2D eigenvalue weighted by molar-refractivity contribution is 6.35. The number of hydrogen-bond acceptors (Lipinski definition) is 3. The van der Waals surface area contributed by atoms with Gasteiger partial charge in [-0.2, -0.15) is 5.26 Å². The molecule has 0 radical (unpaired) electrons. The van der Waals surface area contributed by atoms with Crippen LogP contribution in [-0.2, 0) is 0 Å². The number of urea groups is 1. The van der Waals surface area contributed by atoms with E-state index in [-0.39, 0.29) is 18.9 Å². The summed E-state index contributed by atoms with van der Waals surface area (Å²) in [5.74, 6) is 0.0913. The Kier molecular flexibility index (Phi) is 3.41. The molecule has 0 saturated carbocycles. The van der Waals surface area contributed by atoms with E-state index < -0.39 is 6.03 Å². The van der Waals surface area contributed by atoms with E-state index in [0.29, 0.717) is 15.7 Å². The van der Waals surface area contributed by atoms with Gasteiger partial charge in [0.15, 0.2) is 0 Å². The molecule has 0 spiro atoms. The van der Waals surface area contributed by atoms with Crippen LogP contribution >= 0.6 is 23.2 Å². The number of rotatable bonds is 2. The Morgan fingerprint density at radius 2 is 1.94 bits per heavy atom. The Balaban J connectivity index is 2.36.